The van der Waals surface area contributed by atoms with Crippen LogP contribution < -0.4 is 0 Å². The summed E-state index contributed by atoms with van der Waals surface area (Å²) in [5, 5.41) is 14.3. The number of halogens is 1. The fourth-order valence-corrected chi connectivity index (χ4v) is 3.32. The fraction of sp³-hybridized carbons (Fsp3) is 0.786. The third-order valence-corrected chi connectivity index (χ3v) is 5.12. The Morgan fingerprint density at radius 3 is 2.50 bits per heavy atom. The monoisotopic (exact) mass is 342 g/mol. The Hall–Kier alpha value is -0.430. The molecule has 1 N–H and O–H groups in total. The molecule has 1 aromatic heterocycles. The van der Waals surface area contributed by atoms with E-state index < -0.39 is 0 Å². The summed E-state index contributed by atoms with van der Waals surface area (Å²) in [6, 6.07) is 0. The van der Waals surface area contributed by atoms with Gasteiger partial charge in [0, 0.05) is 46.3 Å². The molecule has 6 heteroatoms. The van der Waals surface area contributed by atoms with Gasteiger partial charge in [0.05, 0.1) is 22.5 Å². The van der Waals surface area contributed by atoms with Gasteiger partial charge in [-0.15, -0.1) is 0 Å². The summed E-state index contributed by atoms with van der Waals surface area (Å²) >= 11 is 3.56. The van der Waals surface area contributed by atoms with Crippen molar-refractivity contribution in [2.45, 2.75) is 25.5 Å². The third kappa shape index (κ3) is 3.42. The zero-order valence-corrected chi connectivity index (χ0v) is 13.6. The summed E-state index contributed by atoms with van der Waals surface area (Å²) in [6.45, 7) is 6.03. The van der Waals surface area contributed by atoms with E-state index in [0.29, 0.717) is 5.92 Å². The summed E-state index contributed by atoms with van der Waals surface area (Å²) in [5.74, 6) is 0.582. The van der Waals surface area contributed by atoms with Crippen molar-refractivity contribution in [1.29, 1.82) is 0 Å². The van der Waals surface area contributed by atoms with Crippen LogP contribution in [0.3, 0.4) is 0 Å². The smallest absolute Gasteiger partial charge is 0.0695 e. The number of aromatic nitrogens is 2. The van der Waals surface area contributed by atoms with E-state index >= 15 is 0 Å². The first-order valence-electron chi connectivity index (χ1n) is 7.42. The summed E-state index contributed by atoms with van der Waals surface area (Å²) in [4.78, 5) is 4.86. The van der Waals surface area contributed by atoms with E-state index in [1.807, 2.05) is 17.9 Å². The predicted octanol–water partition coefficient (Wildman–Crippen LogP) is 1.07. The second kappa shape index (κ2) is 6.13. The molecule has 0 aromatic carbocycles. The van der Waals surface area contributed by atoms with E-state index in [1.165, 1.54) is 18.5 Å². The van der Waals surface area contributed by atoms with Crippen LogP contribution in [0.2, 0.25) is 0 Å². The molecule has 1 saturated heterocycles. The molecule has 2 fully saturated rings. The minimum absolute atomic E-state index is 0.104. The molecule has 0 amide bonds. The number of hydrogen-bond donors (Lipinski definition) is 1. The Morgan fingerprint density at radius 2 is 1.95 bits per heavy atom. The van der Waals surface area contributed by atoms with Crippen LogP contribution in [0.4, 0.5) is 0 Å². The zero-order valence-electron chi connectivity index (χ0n) is 12.0. The number of aliphatic hydroxyl groups is 1. The van der Waals surface area contributed by atoms with E-state index in [1.54, 1.807) is 0 Å². The molecule has 0 spiro atoms. The van der Waals surface area contributed by atoms with Gasteiger partial charge in [-0.1, -0.05) is 0 Å². The number of aryl methyl sites for hydroxylation is 1. The normalized spacial score (nSPS) is 23.1. The minimum atomic E-state index is -0.104. The maximum absolute atomic E-state index is 10.0. The maximum Gasteiger partial charge on any atom is 0.0695 e. The van der Waals surface area contributed by atoms with Crippen molar-refractivity contribution >= 4 is 15.9 Å². The Balaban J connectivity index is 1.46. The van der Waals surface area contributed by atoms with Crippen LogP contribution >= 0.6 is 15.9 Å². The van der Waals surface area contributed by atoms with Crippen molar-refractivity contribution in [2.75, 3.05) is 32.7 Å². The predicted molar refractivity (Wildman–Crippen MR) is 81.4 cm³/mol. The standard InChI is InChI=1S/C14H23BrN4O/c1-17-13(12(15)8-16-17)9-18-4-6-19(7-5-18)10-14(20)11-2-3-11/h8,11,14,20H,2-7,9-10H2,1H3. The van der Waals surface area contributed by atoms with Crippen molar-refractivity contribution in [3.8, 4) is 0 Å². The van der Waals surface area contributed by atoms with Crippen LogP contribution in [0.1, 0.15) is 18.5 Å². The molecule has 1 aliphatic heterocycles. The topological polar surface area (TPSA) is 44.5 Å². The van der Waals surface area contributed by atoms with Gasteiger partial charge in [0.15, 0.2) is 0 Å². The summed E-state index contributed by atoms with van der Waals surface area (Å²) in [5.41, 5.74) is 1.23. The van der Waals surface area contributed by atoms with Gasteiger partial charge in [-0.3, -0.25) is 14.5 Å². The lowest BCUT2D eigenvalue weighted by Crippen LogP contribution is -2.48. The zero-order chi connectivity index (χ0) is 14.1. The minimum Gasteiger partial charge on any atom is -0.392 e. The fourth-order valence-electron chi connectivity index (χ4n) is 2.85. The number of rotatable bonds is 5. The lowest BCUT2D eigenvalue weighted by Gasteiger charge is -2.35. The number of β-amino-alcohol motifs (C(OH)–C–C–N with tert-alkyl or cyclic N) is 1. The average Bonchev–Trinajstić information content (AvgIpc) is 3.24. The Kier molecular flexibility index (Phi) is 4.45. The molecule has 20 heavy (non-hydrogen) atoms. The molecule has 1 atom stereocenters. The Labute approximate surface area is 128 Å². The van der Waals surface area contributed by atoms with Crippen molar-refractivity contribution in [2.24, 2.45) is 13.0 Å². The molecule has 2 aliphatic rings. The van der Waals surface area contributed by atoms with Crippen LogP contribution in [0.25, 0.3) is 0 Å². The number of piperazine rings is 1. The summed E-state index contributed by atoms with van der Waals surface area (Å²) in [7, 11) is 1.99. The molecule has 2 heterocycles. The molecular formula is C14H23BrN4O. The molecule has 3 rings (SSSR count). The van der Waals surface area contributed by atoms with Gasteiger partial charge in [-0.05, 0) is 34.7 Å². The number of nitrogens with zero attached hydrogens (tertiary/aromatic N) is 4. The Morgan fingerprint density at radius 1 is 1.30 bits per heavy atom. The van der Waals surface area contributed by atoms with Crippen LogP contribution in [0, 0.1) is 5.92 Å². The highest BCUT2D eigenvalue weighted by Crippen LogP contribution is 2.32. The lowest BCUT2D eigenvalue weighted by molar-refractivity contribution is 0.0595. The van der Waals surface area contributed by atoms with E-state index in [4.69, 9.17) is 0 Å². The van der Waals surface area contributed by atoms with Crippen LogP contribution in [-0.2, 0) is 13.6 Å². The quantitative estimate of drug-likeness (QED) is 0.869. The molecule has 0 radical (unpaired) electrons. The second-order valence-corrected chi connectivity index (χ2v) is 6.90. The van der Waals surface area contributed by atoms with Crippen LogP contribution in [0.5, 0.6) is 0 Å². The summed E-state index contributed by atoms with van der Waals surface area (Å²) in [6.07, 6.45) is 4.19. The lowest BCUT2D eigenvalue weighted by atomic mass is 10.2. The van der Waals surface area contributed by atoms with Crippen LogP contribution in [-0.4, -0.2) is 63.5 Å². The van der Waals surface area contributed by atoms with Gasteiger partial charge in [0.2, 0.25) is 0 Å². The number of hydrogen-bond acceptors (Lipinski definition) is 4. The molecular weight excluding hydrogens is 320 g/mol. The van der Waals surface area contributed by atoms with Gasteiger partial charge in [-0.25, -0.2) is 0 Å². The molecule has 0 bridgehead atoms. The SMILES string of the molecule is Cn1ncc(Br)c1CN1CCN(CC(O)C2CC2)CC1. The van der Waals surface area contributed by atoms with E-state index in [0.717, 1.165) is 43.7 Å². The average molecular weight is 343 g/mol. The van der Waals surface area contributed by atoms with Crippen molar-refractivity contribution in [3.63, 3.8) is 0 Å². The van der Waals surface area contributed by atoms with Gasteiger partial charge in [0.1, 0.15) is 0 Å². The first-order chi connectivity index (χ1) is 9.63. The van der Waals surface area contributed by atoms with Gasteiger partial charge in [0.25, 0.3) is 0 Å². The second-order valence-electron chi connectivity index (χ2n) is 6.04. The Bertz CT molecular complexity index is 433. The van der Waals surface area contributed by atoms with Crippen molar-refractivity contribution in [1.82, 2.24) is 19.6 Å². The molecule has 1 unspecified atom stereocenters. The van der Waals surface area contributed by atoms with Crippen molar-refractivity contribution in [3.05, 3.63) is 16.4 Å². The van der Waals surface area contributed by atoms with E-state index in [2.05, 4.69) is 30.8 Å². The molecule has 1 aromatic rings. The van der Waals surface area contributed by atoms with E-state index in [9.17, 15) is 5.11 Å². The van der Waals surface area contributed by atoms with Crippen molar-refractivity contribution < 1.29 is 5.11 Å². The third-order valence-electron chi connectivity index (χ3n) is 4.46. The van der Waals surface area contributed by atoms with E-state index in [-0.39, 0.29) is 6.10 Å². The highest BCUT2D eigenvalue weighted by atomic mass is 79.9. The molecule has 1 saturated carbocycles. The number of aliphatic hydroxyl groups excluding tert-OH is 1. The first-order valence-corrected chi connectivity index (χ1v) is 8.22. The van der Waals surface area contributed by atoms with Crippen LogP contribution in [0.15, 0.2) is 10.7 Å². The first kappa shape index (κ1) is 14.5. The van der Waals surface area contributed by atoms with Gasteiger partial charge < -0.3 is 5.11 Å². The summed E-state index contributed by atoms with van der Waals surface area (Å²) < 4.78 is 3.03. The van der Waals surface area contributed by atoms with Gasteiger partial charge in [-0.2, -0.15) is 5.10 Å². The molecule has 5 nitrogen and oxygen atoms in total. The molecule has 1 aliphatic carbocycles. The van der Waals surface area contributed by atoms with Gasteiger partial charge >= 0.3 is 0 Å². The molecule has 112 valence electrons. The highest BCUT2D eigenvalue weighted by molar-refractivity contribution is 9.10. The largest absolute Gasteiger partial charge is 0.392 e. The highest BCUT2D eigenvalue weighted by Gasteiger charge is 2.31. The maximum atomic E-state index is 10.0.